The van der Waals surface area contributed by atoms with Crippen molar-refractivity contribution < 1.29 is 4.79 Å². The van der Waals surface area contributed by atoms with Crippen molar-refractivity contribution in [3.63, 3.8) is 0 Å². The molecule has 0 saturated heterocycles. The molecule has 1 rings (SSSR count). The molecule has 0 aliphatic rings. The summed E-state index contributed by atoms with van der Waals surface area (Å²) in [4.78, 5) is 11.3. The topological polar surface area (TPSA) is 55.1 Å². The number of thiocarbonyl (C=S) groups is 1. The first kappa shape index (κ1) is 12.6. The summed E-state index contributed by atoms with van der Waals surface area (Å²) < 4.78 is 0. The lowest BCUT2D eigenvalue weighted by Crippen LogP contribution is -2.42. The van der Waals surface area contributed by atoms with Gasteiger partial charge in [0.1, 0.15) is 0 Å². The standard InChI is InChI=1S/C12H16N2OS/c1-9(15)14-11(12(13)16)8-7-10-5-3-2-4-6-10/h2-6,11H,7-8H2,1H3,(H2,13,16)(H,14,15)/t11-/m0/s1. The number of hydrogen-bond acceptors (Lipinski definition) is 2. The number of nitrogens with two attached hydrogens (primary N) is 1. The molecule has 1 aromatic carbocycles. The lowest BCUT2D eigenvalue weighted by Gasteiger charge is -2.16. The van der Waals surface area contributed by atoms with E-state index in [9.17, 15) is 4.79 Å². The Hall–Kier alpha value is -1.42. The number of amides is 1. The summed E-state index contributed by atoms with van der Waals surface area (Å²) in [7, 11) is 0. The van der Waals surface area contributed by atoms with Crippen molar-refractivity contribution in [1.29, 1.82) is 0 Å². The summed E-state index contributed by atoms with van der Waals surface area (Å²) in [6.45, 7) is 1.47. The van der Waals surface area contributed by atoms with Gasteiger partial charge in [-0.2, -0.15) is 0 Å². The number of aryl methyl sites for hydroxylation is 1. The molecule has 3 nitrogen and oxygen atoms in total. The van der Waals surface area contributed by atoms with Crippen LogP contribution in [0, 0.1) is 0 Å². The lowest BCUT2D eigenvalue weighted by atomic mass is 10.1. The van der Waals surface area contributed by atoms with Crippen molar-refractivity contribution in [2.45, 2.75) is 25.8 Å². The maximum absolute atomic E-state index is 10.9. The molecular formula is C12H16N2OS. The van der Waals surface area contributed by atoms with Gasteiger partial charge in [-0.25, -0.2) is 0 Å². The van der Waals surface area contributed by atoms with Gasteiger partial charge in [0.05, 0.1) is 11.0 Å². The van der Waals surface area contributed by atoms with Crippen molar-refractivity contribution in [1.82, 2.24) is 5.32 Å². The maximum atomic E-state index is 10.9. The summed E-state index contributed by atoms with van der Waals surface area (Å²) >= 11 is 4.91. The molecule has 86 valence electrons. The van der Waals surface area contributed by atoms with Crippen LogP contribution in [-0.2, 0) is 11.2 Å². The average molecular weight is 236 g/mol. The van der Waals surface area contributed by atoms with Crippen molar-refractivity contribution in [3.8, 4) is 0 Å². The number of rotatable bonds is 5. The molecular weight excluding hydrogens is 220 g/mol. The van der Waals surface area contributed by atoms with Gasteiger partial charge in [-0.05, 0) is 18.4 Å². The van der Waals surface area contributed by atoms with Gasteiger partial charge in [0.25, 0.3) is 0 Å². The average Bonchev–Trinajstić information content (AvgIpc) is 2.25. The van der Waals surface area contributed by atoms with Gasteiger partial charge in [0.15, 0.2) is 0 Å². The minimum Gasteiger partial charge on any atom is -0.392 e. The molecule has 3 N–H and O–H groups in total. The Morgan fingerprint density at radius 1 is 1.44 bits per heavy atom. The lowest BCUT2D eigenvalue weighted by molar-refractivity contribution is -0.119. The second-order valence-electron chi connectivity index (χ2n) is 3.68. The van der Waals surface area contributed by atoms with Gasteiger partial charge in [0, 0.05) is 6.92 Å². The van der Waals surface area contributed by atoms with Crippen molar-refractivity contribution in [2.24, 2.45) is 5.73 Å². The van der Waals surface area contributed by atoms with Crippen LogP contribution < -0.4 is 11.1 Å². The van der Waals surface area contributed by atoms with Crippen LogP contribution in [0.1, 0.15) is 18.9 Å². The van der Waals surface area contributed by atoms with E-state index in [1.807, 2.05) is 30.3 Å². The first-order valence-corrected chi connectivity index (χ1v) is 5.61. The second-order valence-corrected chi connectivity index (χ2v) is 4.15. The predicted molar refractivity (Wildman–Crippen MR) is 69.2 cm³/mol. The fraction of sp³-hybridized carbons (Fsp3) is 0.333. The van der Waals surface area contributed by atoms with E-state index >= 15 is 0 Å². The summed E-state index contributed by atoms with van der Waals surface area (Å²) in [5, 5.41) is 2.74. The van der Waals surface area contributed by atoms with Crippen molar-refractivity contribution in [3.05, 3.63) is 35.9 Å². The molecule has 0 saturated carbocycles. The molecule has 0 bridgehead atoms. The maximum Gasteiger partial charge on any atom is 0.217 e. The molecule has 0 unspecified atom stereocenters. The fourth-order valence-corrected chi connectivity index (χ4v) is 1.66. The Morgan fingerprint density at radius 3 is 2.56 bits per heavy atom. The zero-order chi connectivity index (χ0) is 12.0. The highest BCUT2D eigenvalue weighted by Gasteiger charge is 2.12. The number of benzene rings is 1. The number of carbonyl (C=O) groups excluding carboxylic acids is 1. The van der Waals surface area contributed by atoms with E-state index in [4.69, 9.17) is 18.0 Å². The predicted octanol–water partition coefficient (Wildman–Crippen LogP) is 1.41. The zero-order valence-corrected chi connectivity index (χ0v) is 10.1. The quantitative estimate of drug-likeness (QED) is 0.760. The number of hydrogen-bond donors (Lipinski definition) is 2. The van der Waals surface area contributed by atoms with Gasteiger partial charge in [-0.1, -0.05) is 42.5 Å². The van der Waals surface area contributed by atoms with Crippen LogP contribution in [0.5, 0.6) is 0 Å². The van der Waals surface area contributed by atoms with Crippen molar-refractivity contribution in [2.75, 3.05) is 0 Å². The van der Waals surface area contributed by atoms with E-state index in [0.717, 1.165) is 12.8 Å². The summed E-state index contributed by atoms with van der Waals surface area (Å²) in [6, 6.07) is 9.83. The van der Waals surface area contributed by atoms with E-state index in [0.29, 0.717) is 4.99 Å². The molecule has 0 aromatic heterocycles. The fourth-order valence-electron chi connectivity index (χ4n) is 1.49. The molecule has 0 heterocycles. The SMILES string of the molecule is CC(=O)N[C@@H](CCc1ccccc1)C(N)=S. The van der Waals surface area contributed by atoms with Crippen LogP contribution in [0.3, 0.4) is 0 Å². The number of carbonyl (C=O) groups is 1. The van der Waals surface area contributed by atoms with Gasteiger partial charge in [-0.15, -0.1) is 0 Å². The van der Waals surface area contributed by atoms with E-state index in [-0.39, 0.29) is 11.9 Å². The van der Waals surface area contributed by atoms with Gasteiger partial charge >= 0.3 is 0 Å². The minimum atomic E-state index is -0.215. The van der Waals surface area contributed by atoms with Crippen LogP contribution in [0.2, 0.25) is 0 Å². The number of nitrogens with one attached hydrogen (secondary N) is 1. The third-order valence-electron chi connectivity index (χ3n) is 2.29. The highest BCUT2D eigenvalue weighted by Crippen LogP contribution is 2.05. The monoisotopic (exact) mass is 236 g/mol. The van der Waals surface area contributed by atoms with E-state index in [1.54, 1.807) is 0 Å². The van der Waals surface area contributed by atoms with Gasteiger partial charge < -0.3 is 11.1 Å². The summed E-state index contributed by atoms with van der Waals surface area (Å²) in [5.74, 6) is -0.106. The highest BCUT2D eigenvalue weighted by molar-refractivity contribution is 7.80. The van der Waals surface area contributed by atoms with Crippen LogP contribution >= 0.6 is 12.2 Å². The van der Waals surface area contributed by atoms with E-state index in [2.05, 4.69) is 5.32 Å². The third kappa shape index (κ3) is 4.40. The molecule has 0 aliphatic heterocycles. The van der Waals surface area contributed by atoms with Crippen LogP contribution in [0.4, 0.5) is 0 Å². The molecule has 16 heavy (non-hydrogen) atoms. The Kier molecular flexibility index (Phi) is 4.92. The van der Waals surface area contributed by atoms with Crippen LogP contribution in [0.25, 0.3) is 0 Å². The first-order chi connectivity index (χ1) is 7.59. The molecule has 4 heteroatoms. The van der Waals surface area contributed by atoms with E-state index < -0.39 is 0 Å². The van der Waals surface area contributed by atoms with Gasteiger partial charge in [-0.3, -0.25) is 4.79 Å². The normalized spacial score (nSPS) is 11.8. The largest absolute Gasteiger partial charge is 0.392 e. The Bertz CT molecular complexity index is 365. The highest BCUT2D eigenvalue weighted by atomic mass is 32.1. The Labute approximate surface area is 101 Å². The van der Waals surface area contributed by atoms with Gasteiger partial charge in [0.2, 0.25) is 5.91 Å². The first-order valence-electron chi connectivity index (χ1n) is 5.20. The summed E-state index contributed by atoms with van der Waals surface area (Å²) in [6.07, 6.45) is 1.59. The summed E-state index contributed by atoms with van der Waals surface area (Å²) in [5.41, 5.74) is 6.78. The van der Waals surface area contributed by atoms with Crippen LogP contribution in [0.15, 0.2) is 30.3 Å². The molecule has 0 fully saturated rings. The molecule has 1 aromatic rings. The minimum absolute atomic E-state index is 0.106. The molecule has 0 aliphatic carbocycles. The Morgan fingerprint density at radius 2 is 2.06 bits per heavy atom. The zero-order valence-electron chi connectivity index (χ0n) is 9.27. The third-order valence-corrected chi connectivity index (χ3v) is 2.57. The molecule has 0 spiro atoms. The Balaban J connectivity index is 2.50. The van der Waals surface area contributed by atoms with E-state index in [1.165, 1.54) is 12.5 Å². The molecule has 1 amide bonds. The van der Waals surface area contributed by atoms with Crippen molar-refractivity contribution >= 4 is 23.1 Å². The molecule has 0 radical (unpaired) electrons. The smallest absolute Gasteiger partial charge is 0.217 e. The molecule has 1 atom stereocenters. The van der Waals surface area contributed by atoms with Crippen LogP contribution in [-0.4, -0.2) is 16.9 Å². The second kappa shape index (κ2) is 6.23.